The molecule has 7 heteroatoms. The second-order valence-corrected chi connectivity index (χ2v) is 8.18. The zero-order valence-corrected chi connectivity index (χ0v) is 16.3. The topological polar surface area (TPSA) is 84.3 Å². The van der Waals surface area contributed by atoms with Gasteiger partial charge in [0.1, 0.15) is 12.4 Å². The van der Waals surface area contributed by atoms with Gasteiger partial charge in [-0.15, -0.1) is 0 Å². The summed E-state index contributed by atoms with van der Waals surface area (Å²) in [4.78, 5) is 39.4. The van der Waals surface area contributed by atoms with E-state index in [9.17, 15) is 14.4 Å². The molecular weight excluding hydrogens is 368 g/mol. The Labute approximate surface area is 169 Å². The molecule has 1 N–H and O–H groups in total. The number of fused-ring (bicyclic) bond motifs is 2. The number of nitrogens with zero attached hydrogens (tertiary/aromatic N) is 3. The van der Waals surface area contributed by atoms with Crippen molar-refractivity contribution in [1.82, 2.24) is 14.7 Å². The summed E-state index contributed by atoms with van der Waals surface area (Å²) in [5.41, 5.74) is 2.93. The molecule has 1 aromatic carbocycles. The number of benzene rings is 1. The summed E-state index contributed by atoms with van der Waals surface area (Å²) in [6.07, 6.45) is 6.23. The number of imide groups is 1. The summed E-state index contributed by atoms with van der Waals surface area (Å²) in [7, 11) is 0. The van der Waals surface area contributed by atoms with E-state index in [1.165, 1.54) is 4.90 Å². The van der Waals surface area contributed by atoms with Gasteiger partial charge in [-0.25, -0.2) is 4.68 Å². The number of aromatic nitrogens is 2. The zero-order chi connectivity index (χ0) is 20.0. The van der Waals surface area contributed by atoms with E-state index in [1.807, 2.05) is 30.3 Å². The van der Waals surface area contributed by atoms with Crippen LogP contribution in [-0.4, -0.2) is 38.9 Å². The Morgan fingerprint density at radius 3 is 2.38 bits per heavy atom. The third-order valence-corrected chi connectivity index (χ3v) is 6.40. The molecule has 5 rings (SSSR count). The lowest BCUT2D eigenvalue weighted by atomic mass is 9.81. The number of amides is 3. The van der Waals surface area contributed by atoms with Crippen LogP contribution in [0.2, 0.25) is 0 Å². The summed E-state index contributed by atoms with van der Waals surface area (Å²) in [6, 6.07) is 9.67. The third-order valence-electron chi connectivity index (χ3n) is 6.40. The summed E-state index contributed by atoms with van der Waals surface area (Å²) in [6.45, 7) is -0.223. The number of rotatable bonds is 4. The van der Waals surface area contributed by atoms with Crippen molar-refractivity contribution in [2.45, 2.75) is 44.9 Å². The van der Waals surface area contributed by atoms with Gasteiger partial charge in [-0.2, -0.15) is 5.10 Å². The number of carbonyl (C=O) groups excluding carboxylic acids is 3. The van der Waals surface area contributed by atoms with Crippen molar-refractivity contribution in [3.05, 3.63) is 41.6 Å². The summed E-state index contributed by atoms with van der Waals surface area (Å²) in [5, 5.41) is 7.64. The fraction of sp³-hybridized carbons (Fsp3) is 0.455. The first-order chi connectivity index (χ1) is 14.1. The normalized spacial score (nSPS) is 23.2. The predicted molar refractivity (Wildman–Crippen MR) is 106 cm³/mol. The van der Waals surface area contributed by atoms with Crippen LogP contribution in [0, 0.1) is 11.8 Å². The highest BCUT2D eigenvalue weighted by molar-refractivity contribution is 6.08. The number of carbonyl (C=O) groups is 3. The molecule has 1 saturated carbocycles. The Bertz CT molecular complexity index is 957. The number of anilines is 1. The van der Waals surface area contributed by atoms with E-state index in [-0.39, 0.29) is 36.1 Å². The zero-order valence-electron chi connectivity index (χ0n) is 16.3. The first kappa shape index (κ1) is 18.1. The molecule has 2 atom stereocenters. The molecule has 1 aliphatic heterocycles. The number of aryl methyl sites for hydroxylation is 1. The number of hydrogen-bond acceptors (Lipinski definition) is 4. The van der Waals surface area contributed by atoms with Crippen molar-refractivity contribution in [2.24, 2.45) is 11.8 Å². The van der Waals surface area contributed by atoms with Gasteiger partial charge < -0.3 is 5.32 Å². The van der Waals surface area contributed by atoms with Gasteiger partial charge in [-0.3, -0.25) is 19.3 Å². The highest BCUT2D eigenvalue weighted by Gasteiger charge is 2.48. The second kappa shape index (κ2) is 7.13. The van der Waals surface area contributed by atoms with E-state index in [0.717, 1.165) is 61.9 Å². The molecule has 0 unspecified atom stereocenters. The first-order valence-corrected chi connectivity index (χ1v) is 10.4. The maximum Gasteiger partial charge on any atom is 0.245 e. The largest absolute Gasteiger partial charge is 0.309 e. The van der Waals surface area contributed by atoms with Gasteiger partial charge in [0, 0.05) is 5.56 Å². The average molecular weight is 392 g/mol. The fourth-order valence-corrected chi connectivity index (χ4v) is 4.98. The highest BCUT2D eigenvalue weighted by Crippen LogP contribution is 2.38. The lowest BCUT2D eigenvalue weighted by Gasteiger charge is -2.19. The van der Waals surface area contributed by atoms with E-state index in [0.29, 0.717) is 5.82 Å². The number of nitrogens with one attached hydrogen (secondary N) is 1. The minimum atomic E-state index is -0.350. The van der Waals surface area contributed by atoms with Gasteiger partial charge in [0.15, 0.2) is 0 Å². The van der Waals surface area contributed by atoms with Crippen LogP contribution in [0.15, 0.2) is 30.3 Å². The van der Waals surface area contributed by atoms with Crippen molar-refractivity contribution in [1.29, 1.82) is 0 Å². The van der Waals surface area contributed by atoms with Crippen LogP contribution in [-0.2, 0) is 27.2 Å². The molecule has 1 saturated heterocycles. The van der Waals surface area contributed by atoms with E-state index in [2.05, 4.69) is 10.4 Å². The molecule has 2 fully saturated rings. The van der Waals surface area contributed by atoms with Crippen LogP contribution < -0.4 is 5.32 Å². The van der Waals surface area contributed by atoms with Crippen LogP contribution in [0.25, 0.3) is 5.69 Å². The molecule has 3 aliphatic rings. The minimum Gasteiger partial charge on any atom is -0.309 e. The van der Waals surface area contributed by atoms with Crippen molar-refractivity contribution in [3.63, 3.8) is 0 Å². The predicted octanol–water partition coefficient (Wildman–Crippen LogP) is 2.47. The van der Waals surface area contributed by atoms with Crippen LogP contribution >= 0.6 is 0 Å². The molecule has 7 nitrogen and oxygen atoms in total. The molecular formula is C22H24N4O3. The number of para-hydroxylation sites is 1. The van der Waals surface area contributed by atoms with Crippen LogP contribution in [0.4, 0.5) is 5.82 Å². The molecule has 2 aliphatic carbocycles. The SMILES string of the molecule is O=C(CN1C(=O)[C@H]2CCCC[C@H]2C1=O)Nc1c2c(nn1-c1ccccc1)CCC2. The summed E-state index contributed by atoms with van der Waals surface area (Å²) < 4.78 is 1.76. The third kappa shape index (κ3) is 3.05. The minimum absolute atomic E-state index is 0.184. The molecule has 1 aromatic heterocycles. The Kier molecular flexibility index (Phi) is 4.45. The standard InChI is InChI=1S/C22H24N4O3/c27-19(13-25-21(28)15-9-4-5-10-16(15)22(25)29)23-20-17-11-6-12-18(17)24-26(20)14-7-2-1-3-8-14/h1-3,7-8,15-16H,4-6,9-13H2,(H,23,27)/t15-,16+. The van der Waals surface area contributed by atoms with Crippen LogP contribution in [0.3, 0.4) is 0 Å². The first-order valence-electron chi connectivity index (χ1n) is 10.4. The molecule has 29 heavy (non-hydrogen) atoms. The lowest BCUT2D eigenvalue weighted by molar-refractivity contribution is -0.142. The van der Waals surface area contributed by atoms with Gasteiger partial charge in [0.2, 0.25) is 17.7 Å². The molecule has 0 bridgehead atoms. The van der Waals surface area contributed by atoms with Gasteiger partial charge in [0.25, 0.3) is 0 Å². The van der Waals surface area contributed by atoms with Gasteiger partial charge >= 0.3 is 0 Å². The van der Waals surface area contributed by atoms with Crippen molar-refractivity contribution >= 4 is 23.5 Å². The van der Waals surface area contributed by atoms with E-state index in [1.54, 1.807) is 4.68 Å². The number of likely N-dealkylation sites (tertiary alicyclic amines) is 1. The van der Waals surface area contributed by atoms with Crippen LogP contribution in [0.5, 0.6) is 0 Å². The van der Waals surface area contributed by atoms with Gasteiger partial charge in [0.05, 0.1) is 23.2 Å². The molecule has 2 aromatic rings. The molecule has 2 heterocycles. The van der Waals surface area contributed by atoms with E-state index >= 15 is 0 Å². The van der Waals surface area contributed by atoms with Gasteiger partial charge in [-0.1, -0.05) is 31.0 Å². The van der Waals surface area contributed by atoms with Crippen molar-refractivity contribution < 1.29 is 14.4 Å². The Morgan fingerprint density at radius 2 is 1.69 bits per heavy atom. The smallest absolute Gasteiger partial charge is 0.245 e. The average Bonchev–Trinajstić information content (AvgIpc) is 3.40. The Hall–Kier alpha value is -2.96. The summed E-state index contributed by atoms with van der Waals surface area (Å²) in [5.74, 6) is -0.526. The summed E-state index contributed by atoms with van der Waals surface area (Å²) >= 11 is 0. The Balaban J connectivity index is 1.38. The van der Waals surface area contributed by atoms with E-state index < -0.39 is 0 Å². The maximum atomic E-state index is 12.8. The maximum absolute atomic E-state index is 12.8. The monoisotopic (exact) mass is 392 g/mol. The molecule has 3 amide bonds. The van der Waals surface area contributed by atoms with Crippen LogP contribution in [0.1, 0.15) is 43.4 Å². The van der Waals surface area contributed by atoms with Crippen molar-refractivity contribution in [3.8, 4) is 5.69 Å². The van der Waals surface area contributed by atoms with E-state index in [4.69, 9.17) is 0 Å². The molecule has 0 radical (unpaired) electrons. The highest BCUT2D eigenvalue weighted by atomic mass is 16.2. The second-order valence-electron chi connectivity index (χ2n) is 8.18. The fourth-order valence-electron chi connectivity index (χ4n) is 4.98. The van der Waals surface area contributed by atoms with Crippen molar-refractivity contribution in [2.75, 3.05) is 11.9 Å². The Morgan fingerprint density at radius 1 is 1.00 bits per heavy atom. The number of hydrogen-bond donors (Lipinski definition) is 1. The molecule has 0 spiro atoms. The molecule has 150 valence electrons. The quantitative estimate of drug-likeness (QED) is 0.810. The van der Waals surface area contributed by atoms with Gasteiger partial charge in [-0.05, 0) is 44.2 Å². The lowest BCUT2D eigenvalue weighted by Crippen LogP contribution is -2.38.